The first-order chi connectivity index (χ1) is 11.0. The van der Waals surface area contributed by atoms with Crippen molar-refractivity contribution in [2.24, 2.45) is 0 Å². The summed E-state index contributed by atoms with van der Waals surface area (Å²) in [5, 5.41) is 0.970. The smallest absolute Gasteiger partial charge is 0.276 e. The fraction of sp³-hybridized carbons (Fsp3) is 0.0667. The normalized spacial score (nSPS) is 10.0. The highest BCUT2D eigenvalue weighted by molar-refractivity contribution is 6.36. The Kier molecular flexibility index (Phi) is 6.10. The molecule has 120 valence electrons. The molecule has 0 unspecified atom stereocenters. The molecule has 0 heterocycles. The molecule has 2 aromatic carbocycles. The van der Waals surface area contributed by atoms with Gasteiger partial charge in [-0.05, 0) is 30.3 Å². The Bertz CT molecular complexity index is 738. The summed E-state index contributed by atoms with van der Waals surface area (Å²) in [6.07, 6.45) is 0. The van der Waals surface area contributed by atoms with Gasteiger partial charge < -0.3 is 4.74 Å². The first-order valence-electron chi connectivity index (χ1n) is 6.39. The molecule has 2 rings (SSSR count). The standard InChI is InChI=1S/C15H11Cl3N2O3/c16-9-5-6-10(12(18)7-9)15(22)20-19-14(21)8-23-13-4-2-1-3-11(13)17/h1-7H,8H2,(H,19,21)(H,20,22). The van der Waals surface area contributed by atoms with Crippen LogP contribution in [0.5, 0.6) is 5.75 Å². The molecule has 0 bridgehead atoms. The minimum absolute atomic E-state index is 0.177. The highest BCUT2D eigenvalue weighted by Crippen LogP contribution is 2.23. The maximum Gasteiger partial charge on any atom is 0.276 e. The van der Waals surface area contributed by atoms with E-state index < -0.39 is 11.8 Å². The summed E-state index contributed by atoms with van der Waals surface area (Å²) in [7, 11) is 0. The summed E-state index contributed by atoms with van der Waals surface area (Å²) < 4.78 is 5.24. The first-order valence-corrected chi connectivity index (χ1v) is 7.52. The van der Waals surface area contributed by atoms with Crippen LogP contribution in [-0.2, 0) is 4.79 Å². The lowest BCUT2D eigenvalue weighted by Gasteiger charge is -2.10. The average Bonchev–Trinajstić information content (AvgIpc) is 2.52. The number of rotatable bonds is 4. The van der Waals surface area contributed by atoms with E-state index in [0.29, 0.717) is 15.8 Å². The Morgan fingerprint density at radius 3 is 2.39 bits per heavy atom. The van der Waals surface area contributed by atoms with E-state index in [-0.39, 0.29) is 17.2 Å². The predicted octanol–water partition coefficient (Wildman–Crippen LogP) is 3.49. The van der Waals surface area contributed by atoms with Gasteiger partial charge in [-0.2, -0.15) is 0 Å². The van der Waals surface area contributed by atoms with Crippen LogP contribution in [0.3, 0.4) is 0 Å². The number of para-hydroxylation sites is 1. The molecule has 0 atom stereocenters. The van der Waals surface area contributed by atoms with Crippen LogP contribution in [0.4, 0.5) is 0 Å². The molecule has 8 heteroatoms. The van der Waals surface area contributed by atoms with E-state index in [4.69, 9.17) is 39.5 Å². The van der Waals surface area contributed by atoms with Crippen molar-refractivity contribution in [3.63, 3.8) is 0 Å². The molecule has 23 heavy (non-hydrogen) atoms. The Hall–Kier alpha value is -1.95. The molecule has 0 aliphatic heterocycles. The fourth-order valence-electron chi connectivity index (χ4n) is 1.61. The third-order valence-electron chi connectivity index (χ3n) is 2.69. The van der Waals surface area contributed by atoms with Gasteiger partial charge in [-0.3, -0.25) is 20.4 Å². The predicted molar refractivity (Wildman–Crippen MR) is 89.0 cm³/mol. The molecule has 0 aliphatic rings. The van der Waals surface area contributed by atoms with Gasteiger partial charge in [0.1, 0.15) is 5.75 Å². The van der Waals surface area contributed by atoms with Gasteiger partial charge in [-0.1, -0.05) is 46.9 Å². The maximum atomic E-state index is 11.9. The molecule has 5 nitrogen and oxygen atoms in total. The number of benzene rings is 2. The lowest BCUT2D eigenvalue weighted by molar-refractivity contribution is -0.123. The number of ether oxygens (including phenoxy) is 1. The minimum Gasteiger partial charge on any atom is -0.482 e. The Labute approximate surface area is 147 Å². The van der Waals surface area contributed by atoms with Crippen molar-refractivity contribution in [2.75, 3.05) is 6.61 Å². The Morgan fingerprint density at radius 2 is 1.70 bits per heavy atom. The van der Waals surface area contributed by atoms with E-state index >= 15 is 0 Å². The monoisotopic (exact) mass is 372 g/mol. The van der Waals surface area contributed by atoms with E-state index in [1.807, 2.05) is 0 Å². The van der Waals surface area contributed by atoms with Crippen LogP contribution in [0.1, 0.15) is 10.4 Å². The molecule has 2 amide bonds. The summed E-state index contributed by atoms with van der Waals surface area (Å²) in [4.78, 5) is 23.5. The number of nitrogens with one attached hydrogen (secondary N) is 2. The van der Waals surface area contributed by atoms with E-state index in [9.17, 15) is 9.59 Å². The van der Waals surface area contributed by atoms with Gasteiger partial charge in [-0.25, -0.2) is 0 Å². The van der Waals surface area contributed by atoms with Crippen molar-refractivity contribution in [3.8, 4) is 5.75 Å². The topological polar surface area (TPSA) is 67.4 Å². The molecule has 0 saturated heterocycles. The largest absolute Gasteiger partial charge is 0.482 e. The first kappa shape index (κ1) is 17.4. The van der Waals surface area contributed by atoms with Crippen LogP contribution in [0.2, 0.25) is 15.1 Å². The van der Waals surface area contributed by atoms with Gasteiger partial charge in [0.05, 0.1) is 15.6 Å². The Morgan fingerprint density at radius 1 is 0.957 bits per heavy atom. The minimum atomic E-state index is -0.572. The number of hydrogen-bond acceptors (Lipinski definition) is 3. The van der Waals surface area contributed by atoms with Crippen molar-refractivity contribution in [3.05, 3.63) is 63.1 Å². The number of hydrazine groups is 1. The van der Waals surface area contributed by atoms with Crippen molar-refractivity contribution in [1.82, 2.24) is 10.9 Å². The summed E-state index contributed by atoms with van der Waals surface area (Å²) in [6, 6.07) is 11.1. The molecule has 2 N–H and O–H groups in total. The second-order valence-electron chi connectivity index (χ2n) is 4.35. The third kappa shape index (κ3) is 5.03. The fourth-order valence-corrected chi connectivity index (χ4v) is 2.29. The summed E-state index contributed by atoms with van der Waals surface area (Å²) in [6.45, 7) is -0.307. The van der Waals surface area contributed by atoms with Crippen molar-refractivity contribution >= 4 is 46.6 Å². The molecule has 0 radical (unpaired) electrons. The number of carbonyl (C=O) groups is 2. The van der Waals surface area contributed by atoms with E-state index in [1.54, 1.807) is 24.3 Å². The maximum absolute atomic E-state index is 11.9. The summed E-state index contributed by atoms with van der Waals surface area (Å²) in [5.41, 5.74) is 4.63. The zero-order chi connectivity index (χ0) is 16.8. The highest BCUT2D eigenvalue weighted by atomic mass is 35.5. The van der Waals surface area contributed by atoms with Crippen LogP contribution in [0.25, 0.3) is 0 Å². The van der Waals surface area contributed by atoms with Gasteiger partial charge >= 0.3 is 0 Å². The second kappa shape index (κ2) is 8.06. The quantitative estimate of drug-likeness (QED) is 0.806. The number of carbonyl (C=O) groups excluding carboxylic acids is 2. The van der Waals surface area contributed by atoms with Crippen LogP contribution in [0, 0.1) is 0 Å². The van der Waals surface area contributed by atoms with Gasteiger partial charge in [0.15, 0.2) is 6.61 Å². The molecule has 0 saturated carbocycles. The molecule has 0 spiro atoms. The van der Waals surface area contributed by atoms with Gasteiger partial charge in [0.25, 0.3) is 11.8 Å². The second-order valence-corrected chi connectivity index (χ2v) is 5.60. The zero-order valence-electron chi connectivity index (χ0n) is 11.6. The van der Waals surface area contributed by atoms with Crippen LogP contribution >= 0.6 is 34.8 Å². The van der Waals surface area contributed by atoms with Crippen LogP contribution < -0.4 is 15.6 Å². The lowest BCUT2D eigenvalue weighted by atomic mass is 10.2. The molecule has 0 fully saturated rings. The van der Waals surface area contributed by atoms with E-state index in [2.05, 4.69) is 10.9 Å². The average molecular weight is 374 g/mol. The van der Waals surface area contributed by atoms with Gasteiger partial charge in [0, 0.05) is 5.02 Å². The van der Waals surface area contributed by atoms with Gasteiger partial charge in [-0.15, -0.1) is 0 Å². The summed E-state index contributed by atoms with van der Waals surface area (Å²) in [5.74, 6) is -0.752. The van der Waals surface area contributed by atoms with Gasteiger partial charge in [0.2, 0.25) is 0 Å². The van der Waals surface area contributed by atoms with E-state index in [0.717, 1.165) is 0 Å². The number of amides is 2. The van der Waals surface area contributed by atoms with Crippen molar-refractivity contribution in [2.45, 2.75) is 0 Å². The molecule has 0 aromatic heterocycles. The number of hydrogen-bond donors (Lipinski definition) is 2. The molecule has 0 aliphatic carbocycles. The van der Waals surface area contributed by atoms with E-state index in [1.165, 1.54) is 18.2 Å². The molecule has 2 aromatic rings. The molecular weight excluding hydrogens is 363 g/mol. The van der Waals surface area contributed by atoms with Crippen molar-refractivity contribution in [1.29, 1.82) is 0 Å². The molecular formula is C15H11Cl3N2O3. The summed E-state index contributed by atoms with van der Waals surface area (Å²) >= 11 is 17.5. The number of halogens is 3. The third-order valence-corrected chi connectivity index (χ3v) is 3.55. The van der Waals surface area contributed by atoms with Crippen LogP contribution in [0.15, 0.2) is 42.5 Å². The lowest BCUT2D eigenvalue weighted by Crippen LogP contribution is -2.43. The Balaban J connectivity index is 1.84. The van der Waals surface area contributed by atoms with Crippen molar-refractivity contribution < 1.29 is 14.3 Å². The van der Waals surface area contributed by atoms with Crippen LogP contribution in [-0.4, -0.2) is 18.4 Å². The zero-order valence-corrected chi connectivity index (χ0v) is 13.9. The highest BCUT2D eigenvalue weighted by Gasteiger charge is 2.12. The SMILES string of the molecule is O=C(COc1ccccc1Cl)NNC(=O)c1ccc(Cl)cc1Cl.